The first-order chi connectivity index (χ1) is 12.4. The minimum Gasteiger partial charge on any atom is -0.484 e. The van der Waals surface area contributed by atoms with Crippen molar-refractivity contribution in [3.63, 3.8) is 0 Å². The van der Waals surface area contributed by atoms with E-state index < -0.39 is 9.84 Å². The quantitative estimate of drug-likeness (QED) is 0.676. The maximum Gasteiger partial charge on any atom is 0.262 e. The molecule has 0 unspecified atom stereocenters. The summed E-state index contributed by atoms with van der Waals surface area (Å²) in [5.41, 5.74) is 1.79. The first-order valence-electron chi connectivity index (χ1n) is 8.70. The lowest BCUT2D eigenvalue weighted by Crippen LogP contribution is -2.20. The number of ether oxygens (including phenoxy) is 1. The summed E-state index contributed by atoms with van der Waals surface area (Å²) in [5, 5.41) is 2.68. The molecule has 0 spiro atoms. The standard InChI is InChI=1S/C20H25NO4S/c1-3-4-5-6-16-7-11-18(12-8-16)25-15-20(22)21-17-9-13-19(14-10-17)26(2,23)24/h7-14H,3-6,15H2,1-2H3,(H,21,22). The Balaban J connectivity index is 1.81. The molecule has 140 valence electrons. The van der Waals surface area contributed by atoms with Crippen molar-refractivity contribution in [2.24, 2.45) is 0 Å². The second kappa shape index (κ2) is 9.38. The predicted molar refractivity (Wildman–Crippen MR) is 103 cm³/mol. The molecule has 0 fully saturated rings. The predicted octanol–water partition coefficient (Wildman–Crippen LogP) is 3.84. The number of anilines is 1. The van der Waals surface area contributed by atoms with Crippen LogP contribution in [0.15, 0.2) is 53.4 Å². The molecule has 0 aliphatic carbocycles. The summed E-state index contributed by atoms with van der Waals surface area (Å²) in [4.78, 5) is 12.2. The molecule has 0 radical (unpaired) electrons. The van der Waals surface area contributed by atoms with Crippen LogP contribution in [-0.2, 0) is 21.1 Å². The van der Waals surface area contributed by atoms with Gasteiger partial charge in [0, 0.05) is 11.9 Å². The highest BCUT2D eigenvalue weighted by molar-refractivity contribution is 7.90. The van der Waals surface area contributed by atoms with Crippen LogP contribution in [0.5, 0.6) is 5.75 Å². The third kappa shape index (κ3) is 6.52. The van der Waals surface area contributed by atoms with Gasteiger partial charge in [0.25, 0.3) is 5.91 Å². The number of sulfone groups is 1. The van der Waals surface area contributed by atoms with Crippen LogP contribution >= 0.6 is 0 Å². The average molecular weight is 375 g/mol. The molecular formula is C20H25NO4S. The topological polar surface area (TPSA) is 72.5 Å². The van der Waals surface area contributed by atoms with E-state index in [-0.39, 0.29) is 17.4 Å². The molecule has 26 heavy (non-hydrogen) atoms. The Labute approximate surface area is 155 Å². The van der Waals surface area contributed by atoms with Crippen LogP contribution in [0.1, 0.15) is 31.7 Å². The summed E-state index contributed by atoms with van der Waals surface area (Å²) >= 11 is 0. The number of hydrogen-bond acceptors (Lipinski definition) is 4. The van der Waals surface area contributed by atoms with Gasteiger partial charge in [-0.15, -0.1) is 0 Å². The molecule has 5 nitrogen and oxygen atoms in total. The van der Waals surface area contributed by atoms with Crippen LogP contribution in [0.4, 0.5) is 5.69 Å². The number of hydrogen-bond donors (Lipinski definition) is 1. The molecule has 0 heterocycles. The Morgan fingerprint density at radius 1 is 1.00 bits per heavy atom. The lowest BCUT2D eigenvalue weighted by atomic mass is 10.1. The lowest BCUT2D eigenvalue weighted by Gasteiger charge is -2.09. The van der Waals surface area contributed by atoms with Gasteiger partial charge >= 0.3 is 0 Å². The second-order valence-corrected chi connectivity index (χ2v) is 8.25. The molecule has 6 heteroatoms. The number of amides is 1. The summed E-state index contributed by atoms with van der Waals surface area (Å²) in [6.07, 6.45) is 5.80. The van der Waals surface area contributed by atoms with E-state index in [9.17, 15) is 13.2 Å². The molecule has 0 bridgehead atoms. The zero-order valence-corrected chi connectivity index (χ0v) is 16.0. The molecule has 0 saturated carbocycles. The summed E-state index contributed by atoms with van der Waals surface area (Å²) in [6.45, 7) is 2.07. The smallest absolute Gasteiger partial charge is 0.262 e. The van der Waals surface area contributed by atoms with Crippen LogP contribution in [0, 0.1) is 0 Å². The van der Waals surface area contributed by atoms with Crippen LogP contribution in [0.25, 0.3) is 0 Å². The second-order valence-electron chi connectivity index (χ2n) is 6.23. The molecule has 0 aliphatic rings. The van der Waals surface area contributed by atoms with Crippen molar-refractivity contribution < 1.29 is 17.9 Å². The van der Waals surface area contributed by atoms with Gasteiger partial charge in [0.05, 0.1) is 4.90 Å². The minimum atomic E-state index is -3.24. The van der Waals surface area contributed by atoms with Crippen LogP contribution in [0.3, 0.4) is 0 Å². The number of benzene rings is 2. The van der Waals surface area contributed by atoms with Gasteiger partial charge in [0.1, 0.15) is 5.75 Å². The van der Waals surface area contributed by atoms with Gasteiger partial charge in [-0.3, -0.25) is 4.79 Å². The number of carbonyl (C=O) groups is 1. The highest BCUT2D eigenvalue weighted by Gasteiger charge is 2.08. The number of unbranched alkanes of at least 4 members (excludes halogenated alkanes) is 2. The fourth-order valence-corrected chi connectivity index (χ4v) is 3.09. The number of aryl methyl sites for hydroxylation is 1. The maximum atomic E-state index is 12.0. The van der Waals surface area contributed by atoms with Gasteiger partial charge in [-0.05, 0) is 54.8 Å². The van der Waals surface area contributed by atoms with Crippen molar-refractivity contribution in [1.29, 1.82) is 0 Å². The molecule has 2 aromatic rings. The average Bonchev–Trinajstić information content (AvgIpc) is 2.61. The summed E-state index contributed by atoms with van der Waals surface area (Å²) in [7, 11) is -3.24. The molecule has 0 saturated heterocycles. The van der Waals surface area contributed by atoms with Gasteiger partial charge in [-0.25, -0.2) is 8.42 Å². The third-order valence-electron chi connectivity index (χ3n) is 3.93. The Hall–Kier alpha value is -2.34. The van der Waals surface area contributed by atoms with Crippen molar-refractivity contribution in [3.8, 4) is 5.75 Å². The van der Waals surface area contributed by atoms with Crippen molar-refractivity contribution in [3.05, 3.63) is 54.1 Å². The lowest BCUT2D eigenvalue weighted by molar-refractivity contribution is -0.118. The van der Waals surface area contributed by atoms with Gasteiger partial charge in [-0.2, -0.15) is 0 Å². The monoisotopic (exact) mass is 375 g/mol. The molecule has 0 aromatic heterocycles. The zero-order chi connectivity index (χ0) is 19.0. The Morgan fingerprint density at radius 3 is 2.23 bits per heavy atom. The Bertz CT molecular complexity index is 812. The zero-order valence-electron chi connectivity index (χ0n) is 15.2. The van der Waals surface area contributed by atoms with Gasteiger partial charge in [0.15, 0.2) is 16.4 Å². The number of rotatable bonds is 9. The summed E-state index contributed by atoms with van der Waals surface area (Å²) < 4.78 is 28.3. The van der Waals surface area contributed by atoms with Gasteiger partial charge < -0.3 is 10.1 Å². The fourth-order valence-electron chi connectivity index (χ4n) is 2.46. The van der Waals surface area contributed by atoms with Crippen LogP contribution in [0.2, 0.25) is 0 Å². The molecule has 1 amide bonds. The van der Waals surface area contributed by atoms with E-state index in [0.29, 0.717) is 11.4 Å². The van der Waals surface area contributed by atoms with Crippen LogP contribution < -0.4 is 10.1 Å². The number of carbonyl (C=O) groups excluding carboxylic acids is 1. The van der Waals surface area contributed by atoms with Gasteiger partial charge in [-0.1, -0.05) is 31.9 Å². The molecular weight excluding hydrogens is 350 g/mol. The Kier molecular flexibility index (Phi) is 7.21. The Morgan fingerprint density at radius 2 is 1.65 bits per heavy atom. The molecule has 2 rings (SSSR count). The van der Waals surface area contributed by atoms with E-state index >= 15 is 0 Å². The van der Waals surface area contributed by atoms with E-state index in [2.05, 4.69) is 12.2 Å². The van der Waals surface area contributed by atoms with E-state index in [1.807, 2.05) is 24.3 Å². The van der Waals surface area contributed by atoms with E-state index in [1.54, 1.807) is 12.1 Å². The fraction of sp³-hybridized carbons (Fsp3) is 0.350. The largest absolute Gasteiger partial charge is 0.484 e. The molecule has 2 aromatic carbocycles. The SMILES string of the molecule is CCCCCc1ccc(OCC(=O)Nc2ccc(S(C)(=O)=O)cc2)cc1. The maximum absolute atomic E-state index is 12.0. The van der Waals surface area contributed by atoms with Crippen molar-refractivity contribution >= 4 is 21.4 Å². The summed E-state index contributed by atoms with van der Waals surface area (Å²) in [5.74, 6) is 0.343. The van der Waals surface area contributed by atoms with E-state index in [4.69, 9.17) is 4.74 Å². The van der Waals surface area contributed by atoms with E-state index in [0.717, 1.165) is 12.7 Å². The molecule has 0 aliphatic heterocycles. The highest BCUT2D eigenvalue weighted by atomic mass is 32.2. The van der Waals surface area contributed by atoms with E-state index in [1.165, 1.54) is 37.0 Å². The van der Waals surface area contributed by atoms with Crippen LogP contribution in [-0.4, -0.2) is 27.2 Å². The first-order valence-corrected chi connectivity index (χ1v) is 10.6. The van der Waals surface area contributed by atoms with Crippen molar-refractivity contribution in [1.82, 2.24) is 0 Å². The highest BCUT2D eigenvalue weighted by Crippen LogP contribution is 2.16. The first kappa shape index (κ1) is 20.0. The normalized spacial score (nSPS) is 11.2. The molecule has 0 atom stereocenters. The van der Waals surface area contributed by atoms with Gasteiger partial charge in [0.2, 0.25) is 0 Å². The minimum absolute atomic E-state index is 0.108. The number of nitrogens with one attached hydrogen (secondary N) is 1. The third-order valence-corrected chi connectivity index (χ3v) is 5.06. The molecule has 1 N–H and O–H groups in total. The van der Waals surface area contributed by atoms with Crippen molar-refractivity contribution in [2.75, 3.05) is 18.2 Å². The van der Waals surface area contributed by atoms with Crippen molar-refractivity contribution in [2.45, 2.75) is 37.5 Å². The summed E-state index contributed by atoms with van der Waals surface area (Å²) in [6, 6.07) is 13.8.